The zero-order valence-corrected chi connectivity index (χ0v) is 18.5. The average molecular weight is 443 g/mol. The lowest BCUT2D eigenvalue weighted by Gasteiger charge is -2.31. The number of benzene rings is 3. The topological polar surface area (TPSA) is 70.0 Å². The summed E-state index contributed by atoms with van der Waals surface area (Å²) < 4.78 is 23.1. The van der Waals surface area contributed by atoms with Crippen molar-refractivity contribution < 1.29 is 24.1 Å². The summed E-state index contributed by atoms with van der Waals surface area (Å²) in [4.78, 5) is 4.72. The molecule has 3 atom stereocenters. The molecular weight excluding hydrogens is 418 g/mol. The fourth-order valence-electron chi connectivity index (χ4n) is 3.93. The van der Waals surface area contributed by atoms with Gasteiger partial charge in [-0.25, -0.2) is 4.98 Å². The molecule has 4 aromatic rings. The molecule has 33 heavy (non-hydrogen) atoms. The maximum absolute atomic E-state index is 11.0. The van der Waals surface area contributed by atoms with Crippen molar-refractivity contribution in [1.82, 2.24) is 4.98 Å². The zero-order chi connectivity index (χ0) is 22.8. The minimum Gasteiger partial charge on any atom is -0.497 e. The lowest BCUT2D eigenvalue weighted by molar-refractivity contribution is -0.0105. The van der Waals surface area contributed by atoms with Gasteiger partial charge in [-0.15, -0.1) is 0 Å². The average Bonchev–Trinajstić information content (AvgIpc) is 2.86. The fourth-order valence-corrected chi connectivity index (χ4v) is 3.93. The quantitative estimate of drug-likeness (QED) is 0.439. The molecular formula is C27H25NO5. The molecule has 1 N–H and O–H groups in total. The summed E-state index contributed by atoms with van der Waals surface area (Å²) in [7, 11) is 1.61. The lowest BCUT2D eigenvalue weighted by atomic mass is 10.0. The molecule has 1 aromatic heterocycles. The third-order valence-corrected chi connectivity index (χ3v) is 5.75. The number of aromatic nitrogens is 1. The molecule has 168 valence electrons. The van der Waals surface area contributed by atoms with Crippen molar-refractivity contribution in [2.45, 2.75) is 25.2 Å². The van der Waals surface area contributed by atoms with Gasteiger partial charge < -0.3 is 24.1 Å². The Bertz CT molecular complexity index is 1260. The van der Waals surface area contributed by atoms with Crippen molar-refractivity contribution in [2.24, 2.45) is 0 Å². The van der Waals surface area contributed by atoms with Gasteiger partial charge in [-0.05, 0) is 61.5 Å². The fraction of sp³-hybridized carbons (Fsp3) is 0.222. The number of pyridine rings is 1. The molecule has 1 aliphatic heterocycles. The van der Waals surface area contributed by atoms with Crippen LogP contribution in [0.4, 0.5) is 0 Å². The van der Waals surface area contributed by atoms with Crippen molar-refractivity contribution in [2.75, 3.05) is 13.7 Å². The van der Waals surface area contributed by atoms with E-state index >= 15 is 0 Å². The summed E-state index contributed by atoms with van der Waals surface area (Å²) in [5, 5.41) is 12.1. The second-order valence-electron chi connectivity index (χ2n) is 7.98. The molecule has 1 unspecified atom stereocenters. The number of para-hydroxylation sites is 1. The van der Waals surface area contributed by atoms with Crippen molar-refractivity contribution in [3.8, 4) is 23.0 Å². The van der Waals surface area contributed by atoms with Crippen LogP contribution in [0.15, 0.2) is 78.9 Å². The monoisotopic (exact) mass is 443 g/mol. The predicted octanol–water partition coefficient (Wildman–Crippen LogP) is 5.26. The number of nitrogens with zero attached hydrogens (tertiary/aromatic N) is 1. The largest absolute Gasteiger partial charge is 0.497 e. The molecule has 0 fully saturated rings. The van der Waals surface area contributed by atoms with Crippen molar-refractivity contribution >= 4 is 10.9 Å². The third kappa shape index (κ3) is 4.43. The molecule has 0 saturated carbocycles. The van der Waals surface area contributed by atoms with E-state index in [1.54, 1.807) is 25.3 Å². The van der Waals surface area contributed by atoms with Crippen LogP contribution in [0.25, 0.3) is 10.9 Å². The van der Waals surface area contributed by atoms with Crippen LogP contribution < -0.4 is 18.9 Å². The Labute approximate surface area is 192 Å². The summed E-state index contributed by atoms with van der Waals surface area (Å²) in [6.07, 6.45) is -1.66. The number of fused-ring (bicyclic) bond motifs is 2. The highest BCUT2D eigenvalue weighted by atomic mass is 16.5. The molecule has 0 saturated heterocycles. The first-order chi connectivity index (χ1) is 16.1. The molecule has 0 bridgehead atoms. The third-order valence-electron chi connectivity index (χ3n) is 5.75. The minimum absolute atomic E-state index is 0.248. The Kier molecular flexibility index (Phi) is 5.75. The number of rotatable bonds is 6. The summed E-state index contributed by atoms with van der Waals surface area (Å²) in [6.45, 7) is 2.21. The second kappa shape index (κ2) is 9.00. The first-order valence-electron chi connectivity index (χ1n) is 10.9. The van der Waals surface area contributed by atoms with Gasteiger partial charge >= 0.3 is 0 Å². The highest BCUT2D eigenvalue weighted by molar-refractivity contribution is 5.78. The molecule has 6 nitrogen and oxygen atoms in total. The van der Waals surface area contributed by atoms with Crippen LogP contribution in [-0.2, 0) is 0 Å². The van der Waals surface area contributed by atoms with Gasteiger partial charge in [-0.3, -0.25) is 0 Å². The Balaban J connectivity index is 1.32. The van der Waals surface area contributed by atoms with E-state index in [4.69, 9.17) is 23.9 Å². The van der Waals surface area contributed by atoms with E-state index in [1.807, 2.05) is 67.6 Å². The van der Waals surface area contributed by atoms with E-state index in [1.165, 1.54) is 0 Å². The van der Waals surface area contributed by atoms with E-state index < -0.39 is 12.2 Å². The van der Waals surface area contributed by atoms with E-state index in [9.17, 15) is 5.11 Å². The van der Waals surface area contributed by atoms with Gasteiger partial charge in [0.2, 0.25) is 0 Å². The number of aliphatic hydroxyl groups is 1. The Morgan fingerprint density at radius 1 is 0.939 bits per heavy atom. The van der Waals surface area contributed by atoms with Crippen LogP contribution >= 0.6 is 0 Å². The van der Waals surface area contributed by atoms with Gasteiger partial charge in [0.1, 0.15) is 41.8 Å². The number of methoxy groups -OCH3 is 1. The van der Waals surface area contributed by atoms with E-state index in [2.05, 4.69) is 0 Å². The van der Waals surface area contributed by atoms with Gasteiger partial charge in [-0.1, -0.05) is 24.3 Å². The van der Waals surface area contributed by atoms with Crippen LogP contribution in [0.3, 0.4) is 0 Å². The van der Waals surface area contributed by atoms with Crippen LogP contribution in [0.5, 0.6) is 23.0 Å². The van der Waals surface area contributed by atoms with Gasteiger partial charge in [0.05, 0.1) is 18.3 Å². The van der Waals surface area contributed by atoms with Crippen molar-refractivity contribution in [3.63, 3.8) is 0 Å². The van der Waals surface area contributed by atoms with E-state index in [0.29, 0.717) is 22.8 Å². The summed E-state index contributed by atoms with van der Waals surface area (Å²) >= 11 is 0. The zero-order valence-electron chi connectivity index (χ0n) is 18.5. The Hall–Kier alpha value is -3.77. The number of ether oxygens (including phenoxy) is 4. The first-order valence-corrected chi connectivity index (χ1v) is 10.9. The summed E-state index contributed by atoms with van der Waals surface area (Å²) in [5.41, 5.74) is 2.40. The van der Waals surface area contributed by atoms with Gasteiger partial charge in [-0.2, -0.15) is 0 Å². The highest BCUT2D eigenvalue weighted by Crippen LogP contribution is 2.37. The smallest absolute Gasteiger partial charge is 0.163 e. The number of aliphatic hydroxyl groups excluding tert-OH is 1. The molecule has 0 radical (unpaired) electrons. The van der Waals surface area contributed by atoms with Crippen molar-refractivity contribution in [3.05, 3.63) is 90.1 Å². The molecule has 2 heterocycles. The van der Waals surface area contributed by atoms with E-state index in [0.717, 1.165) is 22.3 Å². The maximum Gasteiger partial charge on any atom is 0.163 e. The molecule has 3 aromatic carbocycles. The molecule has 0 aliphatic carbocycles. The minimum atomic E-state index is -0.853. The SMILES string of the molecule is COc1ccc(O[C@H]2COc3ccc(OC(C)c4ccc5ccccc5n4)cc3[C@H]2O)cc1. The van der Waals surface area contributed by atoms with Crippen LogP contribution in [0, 0.1) is 0 Å². The lowest BCUT2D eigenvalue weighted by Crippen LogP contribution is -2.35. The van der Waals surface area contributed by atoms with E-state index in [-0.39, 0.29) is 12.7 Å². The Morgan fingerprint density at radius 3 is 2.52 bits per heavy atom. The van der Waals surface area contributed by atoms with Gasteiger partial charge in [0.15, 0.2) is 6.10 Å². The van der Waals surface area contributed by atoms with Crippen LogP contribution in [0.1, 0.15) is 30.4 Å². The molecule has 6 heteroatoms. The maximum atomic E-state index is 11.0. The molecule has 0 spiro atoms. The highest BCUT2D eigenvalue weighted by Gasteiger charge is 2.31. The predicted molar refractivity (Wildman–Crippen MR) is 125 cm³/mol. The Morgan fingerprint density at radius 2 is 1.70 bits per heavy atom. The standard InChI is InChI=1S/C27H25NO5/c1-17(23-13-7-18-5-3-4-6-24(18)28-23)32-21-12-14-25-22(15-21)27(29)26(16-31-25)33-20-10-8-19(30-2)9-11-20/h3-15,17,26-27,29H,16H2,1-2H3/t17?,26-,27+/m0/s1. The summed E-state index contributed by atoms with van der Waals surface area (Å²) in [6, 6.07) is 24.7. The van der Waals surface area contributed by atoms with Gasteiger partial charge in [0.25, 0.3) is 0 Å². The van der Waals surface area contributed by atoms with Crippen LogP contribution in [0.2, 0.25) is 0 Å². The second-order valence-corrected chi connectivity index (χ2v) is 7.98. The molecule has 0 amide bonds. The van der Waals surface area contributed by atoms with Gasteiger partial charge in [0, 0.05) is 10.9 Å². The normalized spacial score (nSPS) is 18.2. The molecule has 1 aliphatic rings. The first kappa shape index (κ1) is 21.1. The van der Waals surface area contributed by atoms with Crippen LogP contribution in [-0.4, -0.2) is 29.9 Å². The number of hydrogen-bond donors (Lipinski definition) is 1. The number of hydrogen-bond acceptors (Lipinski definition) is 6. The molecule has 5 rings (SSSR count). The van der Waals surface area contributed by atoms with Crippen molar-refractivity contribution in [1.29, 1.82) is 0 Å². The summed E-state index contributed by atoms with van der Waals surface area (Å²) in [5.74, 6) is 2.63.